The van der Waals surface area contributed by atoms with Gasteiger partial charge in [0.1, 0.15) is 0 Å². The monoisotopic (exact) mass is 316 g/mol. The van der Waals surface area contributed by atoms with Gasteiger partial charge in [0.05, 0.1) is 5.37 Å². The summed E-state index contributed by atoms with van der Waals surface area (Å²) in [6.45, 7) is 12.8. The number of rotatable bonds is 10. The summed E-state index contributed by atoms with van der Waals surface area (Å²) in [6, 6.07) is 0. The van der Waals surface area contributed by atoms with Gasteiger partial charge in [-0.05, 0) is 55.5 Å². The Balaban J connectivity index is 4.35. The molecule has 2 unspecified atom stereocenters. The Hall–Kier alpha value is -0.410. The van der Waals surface area contributed by atoms with Gasteiger partial charge in [-0.15, -0.1) is 11.8 Å². The van der Waals surface area contributed by atoms with E-state index in [0.717, 1.165) is 11.3 Å². The highest BCUT2D eigenvalue weighted by Crippen LogP contribution is 2.31. The van der Waals surface area contributed by atoms with Gasteiger partial charge in [-0.1, -0.05) is 44.9 Å². The number of hydrogen-bond donors (Lipinski definition) is 1. The molecule has 0 amide bonds. The molecule has 0 radical (unpaired) electrons. The lowest BCUT2D eigenvalue weighted by molar-refractivity contribution is 0.500. The van der Waals surface area contributed by atoms with E-state index in [2.05, 4.69) is 38.4 Å². The first kappa shape index (κ1) is 19.6. The summed E-state index contributed by atoms with van der Waals surface area (Å²) in [5.41, 5.74) is 6.94. The maximum Gasteiger partial charge on any atom is 0.189 e. The molecule has 0 aliphatic rings. The normalized spacial score (nSPS) is 16.1. The minimum Gasteiger partial charge on any atom is -0.374 e. The van der Waals surface area contributed by atoms with Crippen molar-refractivity contribution in [3.8, 4) is 0 Å². The minimum absolute atomic E-state index is 0.0364. The number of hydrogen-bond acceptors (Lipinski definition) is 2. The molecule has 0 aromatic rings. The van der Waals surface area contributed by atoms with Gasteiger partial charge in [-0.25, -0.2) is 4.99 Å². The van der Waals surface area contributed by atoms with E-state index in [1.807, 2.05) is 6.92 Å². The minimum atomic E-state index is 0.0364. The Morgan fingerprint density at radius 3 is 2.50 bits per heavy atom. The van der Waals surface area contributed by atoms with E-state index in [-0.39, 0.29) is 10.7 Å². The number of amidine groups is 1. The van der Waals surface area contributed by atoms with Crippen LogP contribution in [-0.4, -0.2) is 10.7 Å². The zero-order valence-electron chi connectivity index (χ0n) is 13.3. The molecule has 4 heteroatoms. The summed E-state index contributed by atoms with van der Waals surface area (Å²) in [6.07, 6.45) is 8.07. The van der Waals surface area contributed by atoms with Crippen LogP contribution >= 0.6 is 23.4 Å². The molecule has 0 fully saturated rings. The van der Waals surface area contributed by atoms with E-state index < -0.39 is 0 Å². The molecule has 2 atom stereocenters. The fraction of sp³-hybridized carbons (Fsp3) is 0.688. The number of aliphatic imine (C=N–C) groups is 1. The van der Waals surface area contributed by atoms with Crippen LogP contribution in [-0.2, 0) is 0 Å². The largest absolute Gasteiger partial charge is 0.374 e. The van der Waals surface area contributed by atoms with Crippen LogP contribution in [0.1, 0.15) is 59.8 Å². The molecule has 0 rings (SSSR count). The predicted molar refractivity (Wildman–Crippen MR) is 95.3 cm³/mol. The zero-order valence-corrected chi connectivity index (χ0v) is 14.9. The summed E-state index contributed by atoms with van der Waals surface area (Å²) in [4.78, 5) is 5.27. The van der Waals surface area contributed by atoms with Gasteiger partial charge in [-0.3, -0.25) is 0 Å². The second-order valence-electron chi connectivity index (χ2n) is 5.09. The Morgan fingerprint density at radius 1 is 1.40 bits per heavy atom. The SMILES string of the molecule is C=C(CC(CC)CC(=CC)CCC)SC(C)N=C(N)Cl. The first-order valence-electron chi connectivity index (χ1n) is 7.40. The maximum atomic E-state index is 5.59. The standard InChI is InChI=1S/C16H29ClN2S/c1-6-9-14(7-2)11-15(8-3)10-12(4)20-13(5)19-16(17)18/h7,13,15H,4,6,8-11H2,1-3,5H3,(H2,18,19). The third-order valence-electron chi connectivity index (χ3n) is 3.27. The molecule has 0 saturated carbocycles. The summed E-state index contributed by atoms with van der Waals surface area (Å²) < 4.78 is 0. The van der Waals surface area contributed by atoms with Crippen molar-refractivity contribution in [2.45, 2.75) is 65.2 Å². The van der Waals surface area contributed by atoms with Gasteiger partial charge in [0, 0.05) is 0 Å². The summed E-state index contributed by atoms with van der Waals surface area (Å²) in [5, 5.41) is 0.151. The van der Waals surface area contributed by atoms with Crippen molar-refractivity contribution in [3.63, 3.8) is 0 Å². The zero-order chi connectivity index (χ0) is 15.5. The average Bonchev–Trinajstić information content (AvgIpc) is 2.35. The van der Waals surface area contributed by atoms with E-state index >= 15 is 0 Å². The highest BCUT2D eigenvalue weighted by atomic mass is 35.5. The van der Waals surface area contributed by atoms with Crippen molar-refractivity contribution in [2.75, 3.05) is 0 Å². The van der Waals surface area contributed by atoms with Crippen LogP contribution in [0, 0.1) is 5.92 Å². The molecule has 0 aromatic heterocycles. The van der Waals surface area contributed by atoms with Crippen LogP contribution in [0.25, 0.3) is 0 Å². The van der Waals surface area contributed by atoms with Gasteiger partial charge < -0.3 is 5.73 Å². The first-order chi connectivity index (χ1) is 9.42. The van der Waals surface area contributed by atoms with Crippen molar-refractivity contribution in [3.05, 3.63) is 23.1 Å². The Kier molecular flexibility index (Phi) is 11.0. The highest BCUT2D eigenvalue weighted by Gasteiger charge is 2.12. The van der Waals surface area contributed by atoms with Crippen molar-refractivity contribution in [2.24, 2.45) is 16.6 Å². The maximum absolute atomic E-state index is 5.59. The van der Waals surface area contributed by atoms with E-state index in [1.165, 1.54) is 25.7 Å². The van der Waals surface area contributed by atoms with Gasteiger partial charge >= 0.3 is 0 Å². The molecule has 0 bridgehead atoms. The van der Waals surface area contributed by atoms with Crippen LogP contribution in [0.15, 0.2) is 28.1 Å². The Morgan fingerprint density at radius 2 is 2.05 bits per heavy atom. The number of thioether (sulfide) groups is 1. The molecule has 20 heavy (non-hydrogen) atoms. The van der Waals surface area contributed by atoms with E-state index in [1.54, 1.807) is 17.3 Å². The highest BCUT2D eigenvalue weighted by molar-refractivity contribution is 8.03. The quantitative estimate of drug-likeness (QED) is 0.243. The second kappa shape index (κ2) is 11.3. The van der Waals surface area contributed by atoms with Crippen molar-refractivity contribution in [1.29, 1.82) is 0 Å². The van der Waals surface area contributed by atoms with Crippen molar-refractivity contribution in [1.82, 2.24) is 0 Å². The van der Waals surface area contributed by atoms with E-state index in [0.29, 0.717) is 5.92 Å². The van der Waals surface area contributed by atoms with Crippen LogP contribution in [0.2, 0.25) is 0 Å². The van der Waals surface area contributed by atoms with Crippen LogP contribution in [0.3, 0.4) is 0 Å². The second-order valence-corrected chi connectivity index (χ2v) is 6.97. The molecule has 2 nitrogen and oxygen atoms in total. The predicted octanol–water partition coefficient (Wildman–Crippen LogP) is 5.69. The van der Waals surface area contributed by atoms with Gasteiger partial charge in [0.15, 0.2) is 5.29 Å². The average molecular weight is 317 g/mol. The number of allylic oxidation sites excluding steroid dienone is 3. The van der Waals surface area contributed by atoms with Gasteiger partial charge in [0.25, 0.3) is 0 Å². The van der Waals surface area contributed by atoms with Crippen LogP contribution in [0.5, 0.6) is 0 Å². The van der Waals surface area contributed by atoms with Gasteiger partial charge in [-0.2, -0.15) is 0 Å². The van der Waals surface area contributed by atoms with Crippen molar-refractivity contribution >= 4 is 28.7 Å². The van der Waals surface area contributed by atoms with Crippen molar-refractivity contribution < 1.29 is 0 Å². The lowest BCUT2D eigenvalue weighted by atomic mass is 9.91. The van der Waals surface area contributed by atoms with E-state index in [4.69, 9.17) is 17.3 Å². The van der Waals surface area contributed by atoms with E-state index in [9.17, 15) is 0 Å². The third kappa shape index (κ3) is 9.49. The Labute approximate surface area is 133 Å². The fourth-order valence-electron chi connectivity index (χ4n) is 2.23. The molecule has 2 N–H and O–H groups in total. The smallest absolute Gasteiger partial charge is 0.189 e. The van der Waals surface area contributed by atoms with Crippen LogP contribution in [0.4, 0.5) is 0 Å². The number of nitrogens with two attached hydrogens (primary N) is 1. The molecule has 0 saturated heterocycles. The topological polar surface area (TPSA) is 38.4 Å². The summed E-state index contributed by atoms with van der Waals surface area (Å²) >= 11 is 7.24. The Bertz CT molecular complexity index is 346. The lowest BCUT2D eigenvalue weighted by Gasteiger charge is -2.19. The first-order valence-corrected chi connectivity index (χ1v) is 8.65. The molecular formula is C16H29ClN2S. The van der Waals surface area contributed by atoms with Gasteiger partial charge in [0.2, 0.25) is 0 Å². The molecular weight excluding hydrogens is 288 g/mol. The molecule has 0 heterocycles. The third-order valence-corrected chi connectivity index (χ3v) is 4.31. The molecule has 0 spiro atoms. The van der Waals surface area contributed by atoms with Crippen LogP contribution < -0.4 is 5.73 Å². The molecule has 0 aliphatic heterocycles. The number of nitrogens with zero attached hydrogens (tertiary/aromatic N) is 1. The molecule has 0 aromatic carbocycles. The molecule has 0 aliphatic carbocycles. The molecule has 116 valence electrons. The summed E-state index contributed by atoms with van der Waals surface area (Å²) in [7, 11) is 0. The summed E-state index contributed by atoms with van der Waals surface area (Å²) in [5.74, 6) is 0.664. The number of halogens is 1. The lowest BCUT2D eigenvalue weighted by Crippen LogP contribution is -2.07. The fourth-order valence-corrected chi connectivity index (χ4v) is 3.41.